The van der Waals surface area contributed by atoms with Crippen molar-refractivity contribution in [2.75, 3.05) is 13.2 Å². The normalized spacial score (nSPS) is 10.4. The Morgan fingerprint density at radius 2 is 1.57 bits per heavy atom. The van der Waals surface area contributed by atoms with Gasteiger partial charge in [-0.2, -0.15) is 0 Å². The Hall–Kier alpha value is -2.49. The highest BCUT2D eigenvalue weighted by molar-refractivity contribution is 5.77. The van der Waals surface area contributed by atoms with Crippen LogP contribution in [0.3, 0.4) is 0 Å². The van der Waals surface area contributed by atoms with Gasteiger partial charge in [-0.15, -0.1) is 0 Å². The van der Waals surface area contributed by atoms with Crippen LogP contribution in [0.5, 0.6) is 17.2 Å². The minimum absolute atomic E-state index is 0.0248. The summed E-state index contributed by atoms with van der Waals surface area (Å²) in [6.07, 6.45) is 0.970. The average molecular weight is 313 g/mol. The maximum Gasteiger partial charge on any atom is 0.257 e. The number of hydrogen-bond acceptors (Lipinski definition) is 3. The van der Waals surface area contributed by atoms with Gasteiger partial charge < -0.3 is 14.8 Å². The number of hydrogen-bond donors (Lipinski definition) is 1. The molecule has 0 bridgehead atoms. The van der Waals surface area contributed by atoms with Gasteiger partial charge in [-0.1, -0.05) is 32.0 Å². The van der Waals surface area contributed by atoms with Crippen molar-refractivity contribution < 1.29 is 14.3 Å². The number of ether oxygens (including phenoxy) is 2. The van der Waals surface area contributed by atoms with Gasteiger partial charge in [0.1, 0.15) is 17.2 Å². The van der Waals surface area contributed by atoms with Crippen molar-refractivity contribution in [3.05, 3.63) is 54.6 Å². The van der Waals surface area contributed by atoms with E-state index in [0.29, 0.717) is 18.2 Å². The summed E-state index contributed by atoms with van der Waals surface area (Å²) >= 11 is 0. The Morgan fingerprint density at radius 1 is 0.957 bits per heavy atom. The molecule has 2 aromatic carbocycles. The molecule has 23 heavy (non-hydrogen) atoms. The van der Waals surface area contributed by atoms with E-state index in [1.165, 1.54) is 0 Å². The fourth-order valence-corrected chi connectivity index (χ4v) is 1.93. The fourth-order valence-electron chi connectivity index (χ4n) is 1.93. The van der Waals surface area contributed by atoms with Gasteiger partial charge in [-0.25, -0.2) is 0 Å². The number of para-hydroxylation sites is 1. The molecule has 2 aromatic rings. The summed E-state index contributed by atoms with van der Waals surface area (Å²) in [5, 5.41) is 2.84. The molecule has 0 unspecified atom stereocenters. The summed E-state index contributed by atoms with van der Waals surface area (Å²) in [5.41, 5.74) is 0. The van der Waals surface area contributed by atoms with Crippen LogP contribution < -0.4 is 14.8 Å². The summed E-state index contributed by atoms with van der Waals surface area (Å²) in [7, 11) is 0. The summed E-state index contributed by atoms with van der Waals surface area (Å²) < 4.78 is 11.2. The highest BCUT2D eigenvalue weighted by Crippen LogP contribution is 2.23. The largest absolute Gasteiger partial charge is 0.484 e. The van der Waals surface area contributed by atoms with E-state index in [1.807, 2.05) is 42.5 Å². The molecule has 0 aliphatic carbocycles. The molecule has 0 spiro atoms. The summed E-state index contributed by atoms with van der Waals surface area (Å²) in [6, 6.07) is 16.8. The lowest BCUT2D eigenvalue weighted by molar-refractivity contribution is -0.123. The lowest BCUT2D eigenvalue weighted by Gasteiger charge is -2.09. The van der Waals surface area contributed by atoms with Crippen LogP contribution in [0.15, 0.2) is 54.6 Å². The quantitative estimate of drug-likeness (QED) is 0.800. The maximum atomic E-state index is 11.6. The molecular weight excluding hydrogens is 290 g/mol. The number of nitrogens with one attached hydrogen (secondary N) is 1. The summed E-state index contributed by atoms with van der Waals surface area (Å²) in [5.74, 6) is 2.63. The van der Waals surface area contributed by atoms with Gasteiger partial charge >= 0.3 is 0 Å². The van der Waals surface area contributed by atoms with Crippen LogP contribution in [0.1, 0.15) is 20.3 Å². The third kappa shape index (κ3) is 6.43. The molecule has 1 amide bonds. The minimum atomic E-state index is -0.102. The van der Waals surface area contributed by atoms with Gasteiger partial charge in [0.25, 0.3) is 5.91 Å². The monoisotopic (exact) mass is 313 g/mol. The van der Waals surface area contributed by atoms with Crippen LogP contribution in [-0.2, 0) is 4.79 Å². The van der Waals surface area contributed by atoms with E-state index in [4.69, 9.17) is 9.47 Å². The van der Waals surface area contributed by atoms with Gasteiger partial charge in [0.05, 0.1) is 0 Å². The third-order valence-electron chi connectivity index (χ3n) is 3.22. The predicted octanol–water partition coefficient (Wildman–Crippen LogP) is 4.02. The highest BCUT2D eigenvalue weighted by atomic mass is 16.5. The van der Waals surface area contributed by atoms with E-state index < -0.39 is 0 Å². The minimum Gasteiger partial charge on any atom is -0.484 e. The molecule has 4 heteroatoms. The van der Waals surface area contributed by atoms with Gasteiger partial charge in [0.15, 0.2) is 6.61 Å². The van der Waals surface area contributed by atoms with Gasteiger partial charge in [-0.3, -0.25) is 4.79 Å². The molecule has 0 radical (unpaired) electrons. The molecule has 2 rings (SSSR count). The zero-order chi connectivity index (χ0) is 16.5. The first-order valence-electron chi connectivity index (χ1n) is 7.86. The predicted molar refractivity (Wildman–Crippen MR) is 90.9 cm³/mol. The van der Waals surface area contributed by atoms with E-state index in [-0.39, 0.29) is 12.5 Å². The first kappa shape index (κ1) is 16.9. The average Bonchev–Trinajstić information content (AvgIpc) is 2.55. The molecule has 0 aliphatic rings. The molecule has 0 saturated carbocycles. The Bertz CT molecular complexity index is 594. The molecule has 0 aromatic heterocycles. The van der Waals surface area contributed by atoms with Crippen molar-refractivity contribution in [3.8, 4) is 17.2 Å². The summed E-state index contributed by atoms with van der Waals surface area (Å²) in [4.78, 5) is 11.6. The standard InChI is InChI=1S/C19H23NO3/c1-15(2)12-13-20-19(21)14-22-16-8-10-18(11-9-16)23-17-6-4-3-5-7-17/h3-11,15H,12-14H2,1-2H3,(H,20,21). The van der Waals surface area contributed by atoms with Crippen LogP contribution in [0.25, 0.3) is 0 Å². The van der Waals surface area contributed by atoms with Gasteiger partial charge in [0, 0.05) is 6.54 Å². The fraction of sp³-hybridized carbons (Fsp3) is 0.316. The molecule has 0 fully saturated rings. The second kappa shape index (κ2) is 8.83. The Kier molecular flexibility index (Phi) is 6.48. The number of carbonyl (C=O) groups is 1. The lowest BCUT2D eigenvalue weighted by Crippen LogP contribution is -2.30. The van der Waals surface area contributed by atoms with E-state index in [0.717, 1.165) is 17.9 Å². The van der Waals surface area contributed by atoms with Crippen molar-refractivity contribution in [2.24, 2.45) is 5.92 Å². The van der Waals surface area contributed by atoms with Crippen molar-refractivity contribution in [2.45, 2.75) is 20.3 Å². The zero-order valence-corrected chi connectivity index (χ0v) is 13.6. The SMILES string of the molecule is CC(C)CCNC(=O)COc1ccc(Oc2ccccc2)cc1. The second-order valence-corrected chi connectivity index (χ2v) is 5.71. The first-order chi connectivity index (χ1) is 11.1. The Labute approximate surface area is 137 Å². The molecule has 122 valence electrons. The van der Waals surface area contributed by atoms with Crippen LogP contribution >= 0.6 is 0 Å². The lowest BCUT2D eigenvalue weighted by atomic mass is 10.1. The first-order valence-corrected chi connectivity index (χ1v) is 7.86. The smallest absolute Gasteiger partial charge is 0.257 e. The maximum absolute atomic E-state index is 11.6. The van der Waals surface area contributed by atoms with E-state index in [1.54, 1.807) is 12.1 Å². The van der Waals surface area contributed by atoms with E-state index in [9.17, 15) is 4.79 Å². The van der Waals surface area contributed by atoms with Crippen molar-refractivity contribution >= 4 is 5.91 Å². The number of benzene rings is 2. The molecular formula is C19H23NO3. The molecule has 0 atom stereocenters. The number of rotatable bonds is 8. The van der Waals surface area contributed by atoms with Crippen LogP contribution in [0.4, 0.5) is 0 Å². The summed E-state index contributed by atoms with van der Waals surface area (Å²) in [6.45, 7) is 4.96. The molecule has 1 N–H and O–H groups in total. The molecule has 0 aliphatic heterocycles. The molecule has 4 nitrogen and oxygen atoms in total. The van der Waals surface area contributed by atoms with Crippen LogP contribution in [0.2, 0.25) is 0 Å². The van der Waals surface area contributed by atoms with Crippen molar-refractivity contribution in [3.63, 3.8) is 0 Å². The zero-order valence-electron chi connectivity index (χ0n) is 13.6. The Balaban J connectivity index is 1.75. The Morgan fingerprint density at radius 3 is 2.22 bits per heavy atom. The van der Waals surface area contributed by atoms with Crippen LogP contribution in [-0.4, -0.2) is 19.1 Å². The van der Waals surface area contributed by atoms with Crippen molar-refractivity contribution in [1.29, 1.82) is 0 Å². The van der Waals surface area contributed by atoms with Gasteiger partial charge in [0.2, 0.25) is 0 Å². The number of amides is 1. The number of carbonyl (C=O) groups excluding carboxylic acids is 1. The third-order valence-corrected chi connectivity index (χ3v) is 3.22. The van der Waals surface area contributed by atoms with Gasteiger partial charge in [-0.05, 0) is 48.7 Å². The highest BCUT2D eigenvalue weighted by Gasteiger charge is 2.04. The topological polar surface area (TPSA) is 47.6 Å². The second-order valence-electron chi connectivity index (χ2n) is 5.71. The van der Waals surface area contributed by atoms with Crippen LogP contribution in [0, 0.1) is 5.92 Å². The molecule has 0 heterocycles. The molecule has 0 saturated heterocycles. The van der Waals surface area contributed by atoms with E-state index >= 15 is 0 Å². The van der Waals surface area contributed by atoms with Crippen molar-refractivity contribution in [1.82, 2.24) is 5.32 Å². The van der Waals surface area contributed by atoms with E-state index in [2.05, 4.69) is 19.2 Å².